The van der Waals surface area contributed by atoms with Crippen LogP contribution in [0.25, 0.3) is 0 Å². The van der Waals surface area contributed by atoms with Crippen LogP contribution in [0.5, 0.6) is 0 Å². The molecule has 0 aliphatic heterocycles. The first-order valence-corrected chi connectivity index (χ1v) is 7.61. The average Bonchev–Trinajstić information content (AvgIpc) is 2.35. The van der Waals surface area contributed by atoms with E-state index in [9.17, 15) is 0 Å². The Hall–Kier alpha value is -0.770. The molecule has 0 radical (unpaired) electrons. The Kier molecular flexibility index (Phi) is 7.01. The molecule has 1 N–H and O–H groups in total. The monoisotopic (exact) mass is 253 g/mol. The first-order valence-electron chi connectivity index (χ1n) is 6.38. The molecular formula is C13H23N3S. The number of unbranched alkanes of at least 4 members (excludes halogenated alkanes) is 3. The van der Waals surface area contributed by atoms with Gasteiger partial charge in [-0.2, -0.15) is 0 Å². The van der Waals surface area contributed by atoms with Gasteiger partial charge in [0.15, 0.2) is 0 Å². The van der Waals surface area contributed by atoms with E-state index in [2.05, 4.69) is 29.1 Å². The highest BCUT2D eigenvalue weighted by Gasteiger charge is 2.03. The second kappa shape index (κ2) is 8.34. The SMILES string of the molecule is CCCCCCC(C)Nc1cc(SC)ncn1. The minimum Gasteiger partial charge on any atom is -0.367 e. The predicted molar refractivity (Wildman–Crippen MR) is 75.7 cm³/mol. The van der Waals surface area contributed by atoms with Crippen LogP contribution in [0.1, 0.15) is 46.0 Å². The van der Waals surface area contributed by atoms with Crippen molar-refractivity contribution in [3.8, 4) is 0 Å². The number of rotatable bonds is 8. The summed E-state index contributed by atoms with van der Waals surface area (Å²) in [4.78, 5) is 8.40. The van der Waals surface area contributed by atoms with Crippen LogP contribution in [0, 0.1) is 0 Å². The fourth-order valence-corrected chi connectivity index (χ4v) is 2.11. The molecule has 96 valence electrons. The van der Waals surface area contributed by atoms with Crippen molar-refractivity contribution in [2.24, 2.45) is 0 Å². The first kappa shape index (κ1) is 14.3. The van der Waals surface area contributed by atoms with E-state index in [0.29, 0.717) is 6.04 Å². The lowest BCUT2D eigenvalue weighted by Crippen LogP contribution is -2.15. The molecular weight excluding hydrogens is 230 g/mol. The van der Waals surface area contributed by atoms with Crippen LogP contribution in [0.2, 0.25) is 0 Å². The Labute approximate surface area is 109 Å². The number of nitrogens with one attached hydrogen (secondary N) is 1. The van der Waals surface area contributed by atoms with Gasteiger partial charge in [-0.05, 0) is 19.6 Å². The molecule has 17 heavy (non-hydrogen) atoms. The zero-order valence-corrected chi connectivity index (χ0v) is 11.9. The molecule has 1 rings (SSSR count). The molecule has 0 saturated heterocycles. The van der Waals surface area contributed by atoms with Crippen molar-refractivity contribution in [2.75, 3.05) is 11.6 Å². The van der Waals surface area contributed by atoms with Crippen LogP contribution in [0.4, 0.5) is 5.82 Å². The van der Waals surface area contributed by atoms with Crippen LogP contribution in [0.15, 0.2) is 17.4 Å². The molecule has 4 heteroatoms. The highest BCUT2D eigenvalue weighted by Crippen LogP contribution is 2.15. The molecule has 1 unspecified atom stereocenters. The third kappa shape index (κ3) is 5.91. The van der Waals surface area contributed by atoms with Crippen molar-refractivity contribution >= 4 is 17.6 Å². The van der Waals surface area contributed by atoms with Crippen LogP contribution in [-0.2, 0) is 0 Å². The number of nitrogens with zero attached hydrogens (tertiary/aromatic N) is 2. The Morgan fingerprint density at radius 3 is 2.82 bits per heavy atom. The molecule has 1 heterocycles. The second-order valence-corrected chi connectivity index (χ2v) is 5.17. The maximum Gasteiger partial charge on any atom is 0.130 e. The molecule has 0 aliphatic rings. The van der Waals surface area contributed by atoms with Crippen molar-refractivity contribution in [3.63, 3.8) is 0 Å². The summed E-state index contributed by atoms with van der Waals surface area (Å²) in [6.07, 6.45) is 10.1. The lowest BCUT2D eigenvalue weighted by Gasteiger charge is -2.14. The molecule has 1 aromatic heterocycles. The summed E-state index contributed by atoms with van der Waals surface area (Å²) in [6, 6.07) is 2.49. The molecule has 0 amide bonds. The molecule has 1 atom stereocenters. The highest BCUT2D eigenvalue weighted by molar-refractivity contribution is 7.98. The predicted octanol–water partition coefficient (Wildman–Crippen LogP) is 3.97. The van der Waals surface area contributed by atoms with E-state index in [0.717, 1.165) is 10.8 Å². The summed E-state index contributed by atoms with van der Waals surface area (Å²) in [5.74, 6) is 0.937. The van der Waals surface area contributed by atoms with Gasteiger partial charge in [0.2, 0.25) is 0 Å². The zero-order chi connectivity index (χ0) is 12.5. The van der Waals surface area contributed by atoms with Gasteiger partial charge in [0.25, 0.3) is 0 Å². The summed E-state index contributed by atoms with van der Waals surface area (Å²) in [5.41, 5.74) is 0. The van der Waals surface area contributed by atoms with E-state index in [1.165, 1.54) is 32.1 Å². The van der Waals surface area contributed by atoms with E-state index < -0.39 is 0 Å². The normalized spacial score (nSPS) is 12.4. The summed E-state index contributed by atoms with van der Waals surface area (Å²) < 4.78 is 0. The van der Waals surface area contributed by atoms with Gasteiger partial charge in [0.1, 0.15) is 17.2 Å². The van der Waals surface area contributed by atoms with Crippen molar-refractivity contribution in [1.29, 1.82) is 0 Å². The Morgan fingerprint density at radius 2 is 2.12 bits per heavy atom. The van der Waals surface area contributed by atoms with E-state index in [-0.39, 0.29) is 0 Å². The summed E-state index contributed by atoms with van der Waals surface area (Å²) in [7, 11) is 0. The van der Waals surface area contributed by atoms with Gasteiger partial charge in [0.05, 0.1) is 0 Å². The zero-order valence-electron chi connectivity index (χ0n) is 11.1. The average molecular weight is 253 g/mol. The fraction of sp³-hybridized carbons (Fsp3) is 0.692. The maximum absolute atomic E-state index is 4.24. The van der Waals surface area contributed by atoms with Gasteiger partial charge in [0, 0.05) is 12.1 Å². The van der Waals surface area contributed by atoms with Crippen LogP contribution in [0.3, 0.4) is 0 Å². The topological polar surface area (TPSA) is 37.8 Å². The van der Waals surface area contributed by atoms with Crippen LogP contribution >= 0.6 is 11.8 Å². The lowest BCUT2D eigenvalue weighted by molar-refractivity contribution is 0.592. The Balaban J connectivity index is 2.31. The standard InChI is InChI=1S/C13H23N3S/c1-4-5-6-7-8-11(2)16-12-9-13(17-3)15-10-14-12/h9-11H,4-8H2,1-3H3,(H,14,15,16). The second-order valence-electron chi connectivity index (χ2n) is 4.34. The summed E-state index contributed by atoms with van der Waals surface area (Å²) in [5, 5.41) is 4.44. The van der Waals surface area contributed by atoms with Crippen molar-refractivity contribution in [3.05, 3.63) is 12.4 Å². The minimum absolute atomic E-state index is 0.483. The van der Waals surface area contributed by atoms with Gasteiger partial charge in [-0.1, -0.05) is 32.6 Å². The first-order chi connectivity index (χ1) is 8.26. The maximum atomic E-state index is 4.24. The third-order valence-corrected chi connectivity index (χ3v) is 3.38. The van der Waals surface area contributed by atoms with E-state index in [1.54, 1.807) is 18.1 Å². The van der Waals surface area contributed by atoms with Gasteiger partial charge in [-0.25, -0.2) is 9.97 Å². The van der Waals surface area contributed by atoms with E-state index >= 15 is 0 Å². The van der Waals surface area contributed by atoms with Crippen LogP contribution < -0.4 is 5.32 Å². The number of aromatic nitrogens is 2. The lowest BCUT2D eigenvalue weighted by atomic mass is 10.1. The third-order valence-electron chi connectivity index (χ3n) is 2.74. The molecule has 0 spiro atoms. The van der Waals surface area contributed by atoms with Crippen LogP contribution in [-0.4, -0.2) is 22.3 Å². The smallest absolute Gasteiger partial charge is 0.130 e. The molecule has 0 fully saturated rings. The van der Waals surface area contributed by atoms with E-state index in [4.69, 9.17) is 0 Å². The van der Waals surface area contributed by atoms with Gasteiger partial charge >= 0.3 is 0 Å². The number of hydrogen-bond acceptors (Lipinski definition) is 4. The highest BCUT2D eigenvalue weighted by atomic mass is 32.2. The molecule has 0 bridgehead atoms. The quantitative estimate of drug-likeness (QED) is 0.432. The molecule has 0 aromatic carbocycles. The number of anilines is 1. The van der Waals surface area contributed by atoms with Gasteiger partial charge in [-0.15, -0.1) is 11.8 Å². The number of hydrogen-bond donors (Lipinski definition) is 1. The Bertz CT molecular complexity index is 317. The van der Waals surface area contributed by atoms with Crippen molar-refractivity contribution in [1.82, 2.24) is 9.97 Å². The molecule has 0 saturated carbocycles. The van der Waals surface area contributed by atoms with Gasteiger partial charge < -0.3 is 5.32 Å². The number of thioether (sulfide) groups is 1. The molecule has 0 aliphatic carbocycles. The Morgan fingerprint density at radius 1 is 1.29 bits per heavy atom. The summed E-state index contributed by atoms with van der Waals surface area (Å²) in [6.45, 7) is 4.46. The van der Waals surface area contributed by atoms with Crippen molar-refractivity contribution < 1.29 is 0 Å². The van der Waals surface area contributed by atoms with E-state index in [1.807, 2.05) is 12.3 Å². The minimum atomic E-state index is 0.483. The molecule has 1 aromatic rings. The largest absolute Gasteiger partial charge is 0.367 e. The summed E-state index contributed by atoms with van der Waals surface area (Å²) >= 11 is 1.64. The fourth-order valence-electron chi connectivity index (χ4n) is 1.73. The molecule has 3 nitrogen and oxygen atoms in total. The van der Waals surface area contributed by atoms with Crippen molar-refractivity contribution in [2.45, 2.75) is 57.0 Å². The van der Waals surface area contributed by atoms with Gasteiger partial charge in [-0.3, -0.25) is 0 Å².